The van der Waals surface area contributed by atoms with Gasteiger partial charge in [0.15, 0.2) is 6.54 Å². The van der Waals surface area contributed by atoms with Crippen molar-refractivity contribution in [1.82, 2.24) is 5.32 Å². The van der Waals surface area contributed by atoms with Crippen LogP contribution in [0.4, 0.5) is 5.69 Å². The van der Waals surface area contributed by atoms with Crippen molar-refractivity contribution in [2.45, 2.75) is 19.4 Å². The highest BCUT2D eigenvalue weighted by Gasteiger charge is 2.28. The van der Waals surface area contributed by atoms with E-state index in [1.807, 2.05) is 54.6 Å². The third kappa shape index (κ3) is 5.81. The topological polar surface area (TPSA) is 62.6 Å². The van der Waals surface area contributed by atoms with E-state index in [0.717, 1.165) is 37.2 Å². The molecule has 1 heterocycles. The summed E-state index contributed by atoms with van der Waals surface area (Å²) in [5.41, 5.74) is 1.75. The molecule has 0 aliphatic carbocycles. The fourth-order valence-electron chi connectivity index (χ4n) is 3.36. The van der Waals surface area contributed by atoms with Gasteiger partial charge in [0, 0.05) is 36.0 Å². The number of piperidine rings is 1. The molecule has 0 saturated carbocycles. The van der Waals surface area contributed by atoms with Crippen LogP contribution in [-0.2, 0) is 16.1 Å². The second-order valence-electron chi connectivity index (χ2n) is 6.92. The fraction of sp³-hybridized carbons (Fsp3) is 0.333. The first-order valence-corrected chi connectivity index (χ1v) is 9.69. The summed E-state index contributed by atoms with van der Waals surface area (Å²) in [5, 5.41) is 6.56. The molecule has 2 aromatic rings. The minimum absolute atomic E-state index is 0.0112. The number of hydrogen-bond donors (Lipinski definition) is 3. The predicted octanol–water partition coefficient (Wildman–Crippen LogP) is 1.89. The van der Waals surface area contributed by atoms with E-state index in [1.54, 1.807) is 0 Å². The van der Waals surface area contributed by atoms with Crippen molar-refractivity contribution < 1.29 is 14.5 Å². The van der Waals surface area contributed by atoms with E-state index in [2.05, 4.69) is 10.6 Å². The van der Waals surface area contributed by atoms with Gasteiger partial charge in [-0.15, -0.1) is 0 Å². The number of halogens is 1. The lowest BCUT2D eigenvalue weighted by Crippen LogP contribution is -3.14. The van der Waals surface area contributed by atoms with Crippen LogP contribution < -0.4 is 15.5 Å². The second kappa shape index (κ2) is 9.53. The lowest BCUT2D eigenvalue weighted by Gasteiger charge is -2.28. The summed E-state index contributed by atoms with van der Waals surface area (Å²) in [6.07, 6.45) is 1.59. The van der Waals surface area contributed by atoms with Gasteiger partial charge in [-0.3, -0.25) is 9.59 Å². The first-order valence-electron chi connectivity index (χ1n) is 9.31. The second-order valence-corrected chi connectivity index (χ2v) is 7.33. The van der Waals surface area contributed by atoms with Gasteiger partial charge >= 0.3 is 0 Å². The minimum Gasteiger partial charge on any atom is -0.347 e. The summed E-state index contributed by atoms with van der Waals surface area (Å²) >= 11 is 6.11. The van der Waals surface area contributed by atoms with Gasteiger partial charge in [0.2, 0.25) is 5.91 Å². The number of carbonyl (C=O) groups is 2. The van der Waals surface area contributed by atoms with E-state index < -0.39 is 0 Å². The van der Waals surface area contributed by atoms with E-state index in [-0.39, 0.29) is 17.7 Å². The van der Waals surface area contributed by atoms with Gasteiger partial charge in [0.1, 0.15) is 0 Å². The Morgan fingerprint density at radius 1 is 1.00 bits per heavy atom. The number of benzene rings is 2. The summed E-state index contributed by atoms with van der Waals surface area (Å²) in [7, 11) is 0. The van der Waals surface area contributed by atoms with Gasteiger partial charge < -0.3 is 15.5 Å². The highest BCUT2D eigenvalue weighted by molar-refractivity contribution is 6.31. The van der Waals surface area contributed by atoms with Crippen LogP contribution in [0.5, 0.6) is 0 Å². The molecular weight excluding hydrogens is 362 g/mol. The number of quaternary nitrogens is 1. The molecule has 1 saturated heterocycles. The standard InChI is InChI=1S/C21H24ClN3O2/c22-19-9-5-4-6-17(19)14-23-20(26)15-25-12-10-16(11-13-25)21(27)24-18-7-2-1-3-8-18/h1-9,16H,10-15H2,(H,23,26)(H,24,27)/p+1. The zero-order valence-corrected chi connectivity index (χ0v) is 16.0. The summed E-state index contributed by atoms with van der Waals surface area (Å²) < 4.78 is 0. The molecule has 0 bridgehead atoms. The molecule has 142 valence electrons. The van der Waals surface area contributed by atoms with Crippen molar-refractivity contribution in [2.24, 2.45) is 5.92 Å². The molecule has 6 heteroatoms. The van der Waals surface area contributed by atoms with Gasteiger partial charge in [-0.25, -0.2) is 0 Å². The number of anilines is 1. The Morgan fingerprint density at radius 3 is 2.37 bits per heavy atom. The number of rotatable bonds is 6. The Hall–Kier alpha value is -2.37. The van der Waals surface area contributed by atoms with Crippen molar-refractivity contribution >= 4 is 29.1 Å². The Morgan fingerprint density at radius 2 is 1.67 bits per heavy atom. The van der Waals surface area contributed by atoms with Crippen molar-refractivity contribution in [2.75, 3.05) is 25.0 Å². The van der Waals surface area contributed by atoms with Gasteiger partial charge in [-0.2, -0.15) is 0 Å². The van der Waals surface area contributed by atoms with Crippen LogP contribution >= 0.6 is 11.6 Å². The molecule has 0 atom stereocenters. The molecule has 2 aromatic carbocycles. The quantitative estimate of drug-likeness (QED) is 0.710. The molecule has 0 unspecified atom stereocenters. The first kappa shape index (κ1) is 19.4. The summed E-state index contributed by atoms with van der Waals surface area (Å²) in [4.78, 5) is 25.8. The highest BCUT2D eigenvalue weighted by atomic mass is 35.5. The van der Waals surface area contributed by atoms with Crippen molar-refractivity contribution in [3.63, 3.8) is 0 Å². The maximum atomic E-state index is 12.4. The highest BCUT2D eigenvalue weighted by Crippen LogP contribution is 2.15. The molecule has 3 rings (SSSR count). The first-order chi connectivity index (χ1) is 13.1. The minimum atomic E-state index is 0.0112. The van der Waals surface area contributed by atoms with E-state index in [4.69, 9.17) is 11.6 Å². The molecule has 0 radical (unpaired) electrons. The lowest BCUT2D eigenvalue weighted by atomic mass is 9.96. The molecule has 0 spiro atoms. The largest absolute Gasteiger partial charge is 0.347 e. The van der Waals surface area contributed by atoms with Crippen LogP contribution in [0, 0.1) is 5.92 Å². The monoisotopic (exact) mass is 386 g/mol. The van der Waals surface area contributed by atoms with E-state index in [0.29, 0.717) is 18.1 Å². The average Bonchev–Trinajstić information content (AvgIpc) is 2.69. The van der Waals surface area contributed by atoms with Crippen LogP contribution in [-0.4, -0.2) is 31.4 Å². The number of nitrogens with one attached hydrogen (secondary N) is 3. The number of hydrogen-bond acceptors (Lipinski definition) is 2. The molecular formula is C21H25ClN3O2+. The molecule has 2 amide bonds. The fourth-order valence-corrected chi connectivity index (χ4v) is 3.56. The zero-order chi connectivity index (χ0) is 19.1. The predicted molar refractivity (Wildman–Crippen MR) is 107 cm³/mol. The maximum Gasteiger partial charge on any atom is 0.275 e. The van der Waals surface area contributed by atoms with E-state index in [1.165, 1.54) is 4.90 Å². The smallest absolute Gasteiger partial charge is 0.275 e. The van der Waals surface area contributed by atoms with Crippen LogP contribution in [0.3, 0.4) is 0 Å². The SMILES string of the molecule is O=C(C[NH+]1CCC(C(=O)Nc2ccccc2)CC1)NCc1ccccc1Cl. The summed E-state index contributed by atoms with van der Waals surface area (Å²) in [5.74, 6) is 0.0978. The van der Waals surface area contributed by atoms with Crippen LogP contribution in [0.25, 0.3) is 0 Å². The average molecular weight is 387 g/mol. The lowest BCUT2D eigenvalue weighted by molar-refractivity contribution is -0.897. The van der Waals surface area contributed by atoms with Crippen LogP contribution in [0.15, 0.2) is 54.6 Å². The van der Waals surface area contributed by atoms with Gasteiger partial charge in [0.25, 0.3) is 5.91 Å². The van der Waals surface area contributed by atoms with Crippen molar-refractivity contribution in [1.29, 1.82) is 0 Å². The molecule has 1 aliphatic rings. The number of para-hydroxylation sites is 1. The summed E-state index contributed by atoms with van der Waals surface area (Å²) in [6, 6.07) is 17.0. The normalized spacial score (nSPS) is 19.3. The Bertz CT molecular complexity index is 774. The third-order valence-corrected chi connectivity index (χ3v) is 5.32. The Labute approximate surface area is 164 Å². The van der Waals surface area contributed by atoms with Crippen LogP contribution in [0.2, 0.25) is 5.02 Å². The molecule has 5 nitrogen and oxygen atoms in total. The van der Waals surface area contributed by atoms with Gasteiger partial charge in [-0.1, -0.05) is 48.0 Å². The zero-order valence-electron chi connectivity index (χ0n) is 15.2. The molecule has 0 aromatic heterocycles. The van der Waals surface area contributed by atoms with Crippen LogP contribution in [0.1, 0.15) is 18.4 Å². The number of amides is 2. The van der Waals surface area contributed by atoms with E-state index in [9.17, 15) is 9.59 Å². The van der Waals surface area contributed by atoms with Gasteiger partial charge in [0.05, 0.1) is 13.1 Å². The maximum absolute atomic E-state index is 12.4. The summed E-state index contributed by atoms with van der Waals surface area (Å²) in [6.45, 7) is 2.52. The number of likely N-dealkylation sites (tertiary alicyclic amines) is 1. The van der Waals surface area contributed by atoms with Crippen molar-refractivity contribution in [3.05, 3.63) is 65.2 Å². The third-order valence-electron chi connectivity index (χ3n) is 4.95. The molecule has 27 heavy (non-hydrogen) atoms. The Balaban J connectivity index is 1.39. The molecule has 3 N–H and O–H groups in total. The van der Waals surface area contributed by atoms with Crippen molar-refractivity contribution in [3.8, 4) is 0 Å². The molecule has 1 fully saturated rings. The van der Waals surface area contributed by atoms with Gasteiger partial charge in [-0.05, 0) is 23.8 Å². The van der Waals surface area contributed by atoms with E-state index >= 15 is 0 Å². The molecule has 1 aliphatic heterocycles. The Kier molecular flexibility index (Phi) is 6.85. The number of carbonyl (C=O) groups excluding carboxylic acids is 2.